The van der Waals surface area contributed by atoms with Crippen LogP contribution in [0.1, 0.15) is 39.5 Å². The van der Waals surface area contributed by atoms with Crippen molar-refractivity contribution in [3.63, 3.8) is 0 Å². The predicted molar refractivity (Wildman–Crippen MR) is 46.7 cm³/mol. The molecule has 0 aromatic heterocycles. The molecule has 0 spiro atoms. The second-order valence-electron chi connectivity index (χ2n) is 2.21. The number of allylic oxidation sites excluding steroid dienone is 2. The van der Waals surface area contributed by atoms with Crippen LogP contribution in [0.15, 0.2) is 12.2 Å². The molecule has 0 unspecified atom stereocenters. The van der Waals surface area contributed by atoms with E-state index >= 15 is 0 Å². The van der Waals surface area contributed by atoms with Gasteiger partial charge in [0.1, 0.15) is 0 Å². The van der Waals surface area contributed by atoms with Gasteiger partial charge in [-0.25, -0.2) is 0 Å². The highest BCUT2D eigenvalue weighted by Gasteiger charge is 1.73. The van der Waals surface area contributed by atoms with Crippen LogP contribution in [0.5, 0.6) is 0 Å². The molecule has 10 heavy (non-hydrogen) atoms. The lowest BCUT2D eigenvalue weighted by Gasteiger charge is -1.81. The Hall–Kier alpha value is -0.700. The van der Waals surface area contributed by atoms with Crippen LogP contribution in [0.4, 0.5) is 0 Å². The van der Waals surface area contributed by atoms with Crippen LogP contribution in [0.25, 0.3) is 0 Å². The fourth-order valence-corrected chi connectivity index (χ4v) is 0.624. The molecule has 0 aliphatic carbocycles. The molecule has 0 fully saturated rings. The SMILES string of the molecule is CC=CCCC#CCCC. The van der Waals surface area contributed by atoms with Crippen LogP contribution in [-0.2, 0) is 0 Å². The average molecular weight is 136 g/mol. The van der Waals surface area contributed by atoms with Gasteiger partial charge < -0.3 is 0 Å². The minimum atomic E-state index is 1.02. The Labute approximate surface area is 64.3 Å². The lowest BCUT2D eigenvalue weighted by molar-refractivity contribution is 0.978. The molecule has 0 aromatic rings. The van der Waals surface area contributed by atoms with Crippen LogP contribution in [-0.4, -0.2) is 0 Å². The first kappa shape index (κ1) is 9.30. The third kappa shape index (κ3) is 7.30. The first-order chi connectivity index (χ1) is 4.91. The molecule has 0 heteroatoms. The maximum Gasteiger partial charge on any atom is 0.0123 e. The standard InChI is InChI=1S/C10H16/c1-3-5-7-9-10-8-6-4-2/h3,5H,4,6-7,9H2,1-2H3. The van der Waals surface area contributed by atoms with Gasteiger partial charge in [0.05, 0.1) is 0 Å². The molecule has 0 radical (unpaired) electrons. The molecule has 0 nitrogen and oxygen atoms in total. The van der Waals surface area contributed by atoms with Gasteiger partial charge in [0, 0.05) is 12.8 Å². The highest BCUT2D eigenvalue weighted by Crippen LogP contribution is 1.89. The van der Waals surface area contributed by atoms with Crippen molar-refractivity contribution in [2.75, 3.05) is 0 Å². The van der Waals surface area contributed by atoms with Gasteiger partial charge >= 0.3 is 0 Å². The molecule has 0 saturated heterocycles. The van der Waals surface area contributed by atoms with Gasteiger partial charge in [0.25, 0.3) is 0 Å². The molecular formula is C10H16. The van der Waals surface area contributed by atoms with Crippen molar-refractivity contribution in [2.45, 2.75) is 39.5 Å². The van der Waals surface area contributed by atoms with Crippen molar-refractivity contribution in [1.29, 1.82) is 0 Å². The zero-order valence-electron chi connectivity index (χ0n) is 6.98. The molecular weight excluding hydrogens is 120 g/mol. The molecule has 0 aromatic carbocycles. The summed E-state index contributed by atoms with van der Waals surface area (Å²) in [6.45, 7) is 4.19. The minimum Gasteiger partial charge on any atom is -0.103 e. The van der Waals surface area contributed by atoms with Gasteiger partial charge in [-0.3, -0.25) is 0 Å². The van der Waals surface area contributed by atoms with Crippen LogP contribution in [0.2, 0.25) is 0 Å². The first-order valence-corrected chi connectivity index (χ1v) is 3.98. The number of hydrogen-bond donors (Lipinski definition) is 0. The Bertz CT molecular complexity index is 132. The van der Waals surface area contributed by atoms with E-state index < -0.39 is 0 Å². The largest absolute Gasteiger partial charge is 0.103 e. The molecule has 0 aliphatic heterocycles. The first-order valence-electron chi connectivity index (χ1n) is 3.98. The molecule has 0 N–H and O–H groups in total. The Kier molecular flexibility index (Phi) is 7.72. The van der Waals surface area contributed by atoms with Gasteiger partial charge in [-0.1, -0.05) is 19.1 Å². The topological polar surface area (TPSA) is 0 Å². The second-order valence-corrected chi connectivity index (χ2v) is 2.21. The predicted octanol–water partition coefficient (Wildman–Crippen LogP) is 3.15. The molecule has 0 rings (SSSR count). The van der Waals surface area contributed by atoms with E-state index in [0.717, 1.165) is 19.3 Å². The van der Waals surface area contributed by atoms with Crippen LogP contribution < -0.4 is 0 Å². The highest BCUT2D eigenvalue weighted by molar-refractivity contribution is 4.99. The van der Waals surface area contributed by atoms with E-state index in [1.165, 1.54) is 6.42 Å². The van der Waals surface area contributed by atoms with E-state index in [0.29, 0.717) is 0 Å². The zero-order chi connectivity index (χ0) is 7.66. The van der Waals surface area contributed by atoms with Crippen molar-refractivity contribution in [2.24, 2.45) is 0 Å². The van der Waals surface area contributed by atoms with E-state index in [9.17, 15) is 0 Å². The van der Waals surface area contributed by atoms with Crippen LogP contribution in [0, 0.1) is 11.8 Å². The molecule has 0 heterocycles. The Balaban J connectivity index is 3.11. The molecule has 0 bridgehead atoms. The number of unbranched alkanes of at least 4 members (excludes halogenated alkanes) is 2. The zero-order valence-corrected chi connectivity index (χ0v) is 6.98. The van der Waals surface area contributed by atoms with Gasteiger partial charge in [-0.15, -0.1) is 11.8 Å². The normalized spacial score (nSPS) is 9.40. The van der Waals surface area contributed by atoms with E-state index in [1.54, 1.807) is 0 Å². The van der Waals surface area contributed by atoms with Crippen molar-refractivity contribution in [3.8, 4) is 11.8 Å². The van der Waals surface area contributed by atoms with Crippen molar-refractivity contribution in [1.82, 2.24) is 0 Å². The van der Waals surface area contributed by atoms with Gasteiger partial charge in [-0.2, -0.15) is 0 Å². The van der Waals surface area contributed by atoms with Gasteiger partial charge in [-0.05, 0) is 19.8 Å². The molecule has 0 amide bonds. The molecule has 0 atom stereocenters. The van der Waals surface area contributed by atoms with Crippen molar-refractivity contribution >= 4 is 0 Å². The summed E-state index contributed by atoms with van der Waals surface area (Å²) < 4.78 is 0. The third-order valence-corrected chi connectivity index (χ3v) is 1.17. The van der Waals surface area contributed by atoms with E-state index in [1.807, 2.05) is 6.92 Å². The fraction of sp³-hybridized carbons (Fsp3) is 0.600. The maximum absolute atomic E-state index is 3.12. The second kappa shape index (κ2) is 8.30. The summed E-state index contributed by atoms with van der Waals surface area (Å²) in [6.07, 6.45) is 8.58. The van der Waals surface area contributed by atoms with Crippen molar-refractivity contribution < 1.29 is 0 Å². The maximum atomic E-state index is 3.12. The third-order valence-electron chi connectivity index (χ3n) is 1.17. The lowest BCUT2D eigenvalue weighted by Crippen LogP contribution is -1.65. The summed E-state index contributed by atoms with van der Waals surface area (Å²) in [5.74, 6) is 6.23. The summed E-state index contributed by atoms with van der Waals surface area (Å²) in [5, 5.41) is 0. The van der Waals surface area contributed by atoms with E-state index in [2.05, 4.69) is 30.9 Å². The Morgan fingerprint density at radius 2 is 1.90 bits per heavy atom. The Morgan fingerprint density at radius 3 is 2.50 bits per heavy atom. The fourth-order valence-electron chi connectivity index (χ4n) is 0.624. The lowest BCUT2D eigenvalue weighted by atomic mass is 10.2. The van der Waals surface area contributed by atoms with Gasteiger partial charge in [0.15, 0.2) is 0 Å². The van der Waals surface area contributed by atoms with Crippen molar-refractivity contribution in [3.05, 3.63) is 12.2 Å². The smallest absolute Gasteiger partial charge is 0.0123 e. The molecule has 56 valence electrons. The Morgan fingerprint density at radius 1 is 1.20 bits per heavy atom. The van der Waals surface area contributed by atoms with E-state index in [-0.39, 0.29) is 0 Å². The summed E-state index contributed by atoms with van der Waals surface area (Å²) in [4.78, 5) is 0. The summed E-state index contributed by atoms with van der Waals surface area (Å²) in [5.41, 5.74) is 0. The van der Waals surface area contributed by atoms with Crippen LogP contribution >= 0.6 is 0 Å². The monoisotopic (exact) mass is 136 g/mol. The number of rotatable bonds is 3. The van der Waals surface area contributed by atoms with Gasteiger partial charge in [0.2, 0.25) is 0 Å². The molecule has 0 aliphatic rings. The molecule has 0 saturated carbocycles. The highest BCUT2D eigenvalue weighted by atomic mass is 13.8. The summed E-state index contributed by atoms with van der Waals surface area (Å²) >= 11 is 0. The minimum absolute atomic E-state index is 1.02. The van der Waals surface area contributed by atoms with E-state index in [4.69, 9.17) is 0 Å². The average Bonchev–Trinajstić information content (AvgIpc) is 1.97. The summed E-state index contributed by atoms with van der Waals surface area (Å²) in [6, 6.07) is 0. The number of hydrogen-bond acceptors (Lipinski definition) is 0. The van der Waals surface area contributed by atoms with Crippen LogP contribution in [0.3, 0.4) is 0 Å². The summed E-state index contributed by atoms with van der Waals surface area (Å²) in [7, 11) is 0. The quantitative estimate of drug-likeness (QED) is 0.317.